The molecule has 0 atom stereocenters. The molecule has 1 rings (SSSR count). The molecule has 0 aromatic carbocycles. The van der Waals surface area contributed by atoms with Crippen LogP contribution in [0.3, 0.4) is 0 Å². The summed E-state index contributed by atoms with van der Waals surface area (Å²) in [5.41, 5.74) is 5.54. The van der Waals surface area contributed by atoms with E-state index in [2.05, 4.69) is 10.1 Å². The Morgan fingerprint density at radius 1 is 1.53 bits per heavy atom. The van der Waals surface area contributed by atoms with Crippen molar-refractivity contribution < 1.29 is 23.1 Å². The number of oxime groups is 1. The molecule has 5 nitrogen and oxygen atoms in total. The van der Waals surface area contributed by atoms with Crippen molar-refractivity contribution in [3.63, 3.8) is 0 Å². The monoisotopic (exact) mass is 297 g/mol. The van der Waals surface area contributed by atoms with Crippen molar-refractivity contribution in [1.82, 2.24) is 4.98 Å². The highest BCUT2D eigenvalue weighted by atomic mass is 35.5. The summed E-state index contributed by atoms with van der Waals surface area (Å²) in [5.74, 6) is -0.305. The molecule has 0 saturated carbocycles. The maximum Gasteiger partial charge on any atom is 0.389 e. The van der Waals surface area contributed by atoms with Crippen molar-refractivity contribution in [3.8, 4) is 5.88 Å². The molecule has 0 aliphatic rings. The molecule has 0 aliphatic heterocycles. The number of pyridine rings is 1. The molecule has 0 bridgehead atoms. The zero-order valence-electron chi connectivity index (χ0n) is 9.62. The highest BCUT2D eigenvalue weighted by molar-refractivity contribution is 6.35. The summed E-state index contributed by atoms with van der Waals surface area (Å²) in [7, 11) is 0. The molecule has 3 N–H and O–H groups in total. The van der Waals surface area contributed by atoms with Crippen LogP contribution in [0.1, 0.15) is 18.4 Å². The fourth-order valence-corrected chi connectivity index (χ4v) is 1.48. The molecular formula is C10H11ClF3N3O2. The number of halogens is 4. The maximum absolute atomic E-state index is 11.9. The van der Waals surface area contributed by atoms with E-state index >= 15 is 0 Å². The van der Waals surface area contributed by atoms with Gasteiger partial charge in [0.1, 0.15) is 5.02 Å². The van der Waals surface area contributed by atoms with E-state index < -0.39 is 12.6 Å². The van der Waals surface area contributed by atoms with Crippen LogP contribution in [0, 0.1) is 0 Å². The predicted octanol–water partition coefficient (Wildman–Crippen LogP) is 2.55. The van der Waals surface area contributed by atoms with Crippen molar-refractivity contribution in [2.24, 2.45) is 10.9 Å². The lowest BCUT2D eigenvalue weighted by atomic mass is 10.2. The molecule has 19 heavy (non-hydrogen) atoms. The van der Waals surface area contributed by atoms with Gasteiger partial charge in [0.15, 0.2) is 5.84 Å². The highest BCUT2D eigenvalue weighted by Gasteiger charge is 2.26. The van der Waals surface area contributed by atoms with Gasteiger partial charge in [0.05, 0.1) is 6.61 Å². The second kappa shape index (κ2) is 6.46. The molecule has 106 valence electrons. The van der Waals surface area contributed by atoms with Gasteiger partial charge in [-0.15, -0.1) is 0 Å². The van der Waals surface area contributed by atoms with E-state index in [0.29, 0.717) is 0 Å². The third kappa shape index (κ3) is 4.82. The average Bonchev–Trinajstić information content (AvgIpc) is 2.34. The van der Waals surface area contributed by atoms with Gasteiger partial charge in [-0.2, -0.15) is 13.2 Å². The number of aromatic nitrogens is 1. The van der Waals surface area contributed by atoms with Gasteiger partial charge in [-0.1, -0.05) is 16.8 Å². The number of rotatable bonds is 5. The summed E-state index contributed by atoms with van der Waals surface area (Å²) in [6.45, 7) is -0.189. The summed E-state index contributed by atoms with van der Waals surface area (Å²) in [4.78, 5) is 3.76. The Bertz CT molecular complexity index is 466. The number of alkyl halides is 3. The third-order valence-electron chi connectivity index (χ3n) is 2.08. The van der Waals surface area contributed by atoms with E-state index in [1.165, 1.54) is 12.3 Å². The third-order valence-corrected chi connectivity index (χ3v) is 2.45. The molecule has 0 saturated heterocycles. The van der Waals surface area contributed by atoms with E-state index in [-0.39, 0.29) is 35.3 Å². The van der Waals surface area contributed by atoms with Gasteiger partial charge >= 0.3 is 6.18 Å². The van der Waals surface area contributed by atoms with Crippen molar-refractivity contribution in [3.05, 3.63) is 22.8 Å². The first-order valence-electron chi connectivity index (χ1n) is 5.17. The maximum atomic E-state index is 11.9. The van der Waals surface area contributed by atoms with Gasteiger partial charge in [-0.25, -0.2) is 4.98 Å². The topological polar surface area (TPSA) is 80.7 Å². The first kappa shape index (κ1) is 15.4. The van der Waals surface area contributed by atoms with E-state index in [1.54, 1.807) is 0 Å². The molecule has 0 aliphatic carbocycles. The van der Waals surface area contributed by atoms with E-state index in [4.69, 9.17) is 27.3 Å². The fourth-order valence-electron chi connectivity index (χ4n) is 1.22. The van der Waals surface area contributed by atoms with Crippen LogP contribution >= 0.6 is 11.6 Å². The lowest BCUT2D eigenvalue weighted by molar-refractivity contribution is -0.136. The summed E-state index contributed by atoms with van der Waals surface area (Å²) < 4.78 is 40.8. The molecular weight excluding hydrogens is 287 g/mol. The van der Waals surface area contributed by atoms with Crippen LogP contribution in [0.4, 0.5) is 13.2 Å². The predicted molar refractivity (Wildman–Crippen MR) is 62.5 cm³/mol. The second-order valence-corrected chi connectivity index (χ2v) is 3.91. The van der Waals surface area contributed by atoms with Gasteiger partial charge in [0, 0.05) is 18.2 Å². The van der Waals surface area contributed by atoms with Crippen LogP contribution in [0.15, 0.2) is 17.4 Å². The van der Waals surface area contributed by atoms with Crippen LogP contribution < -0.4 is 10.5 Å². The fraction of sp³-hybridized carbons (Fsp3) is 0.400. The smallest absolute Gasteiger partial charge is 0.389 e. The molecule has 1 aromatic rings. The number of amidine groups is 1. The van der Waals surface area contributed by atoms with Crippen LogP contribution in [0.5, 0.6) is 5.88 Å². The summed E-state index contributed by atoms with van der Waals surface area (Å²) >= 11 is 5.87. The zero-order valence-corrected chi connectivity index (χ0v) is 10.4. The van der Waals surface area contributed by atoms with Crippen LogP contribution in [-0.2, 0) is 0 Å². The summed E-state index contributed by atoms with van der Waals surface area (Å²) in [6, 6.07) is 1.39. The van der Waals surface area contributed by atoms with E-state index in [1.807, 2.05) is 0 Å². The first-order valence-corrected chi connectivity index (χ1v) is 5.55. The van der Waals surface area contributed by atoms with E-state index in [9.17, 15) is 13.2 Å². The number of ether oxygens (including phenoxy) is 1. The molecule has 9 heteroatoms. The second-order valence-electron chi connectivity index (χ2n) is 3.53. The Labute approximate surface area is 111 Å². The van der Waals surface area contributed by atoms with Crippen molar-refractivity contribution in [1.29, 1.82) is 0 Å². The Morgan fingerprint density at radius 3 is 2.79 bits per heavy atom. The number of nitrogens with zero attached hydrogens (tertiary/aromatic N) is 2. The molecule has 0 amide bonds. The van der Waals surface area contributed by atoms with E-state index in [0.717, 1.165) is 0 Å². The zero-order chi connectivity index (χ0) is 14.5. The minimum Gasteiger partial charge on any atom is -0.477 e. The minimum atomic E-state index is -4.23. The molecule has 1 aromatic heterocycles. The lowest BCUT2D eigenvalue weighted by Crippen LogP contribution is -2.15. The highest BCUT2D eigenvalue weighted by Crippen LogP contribution is 2.26. The average molecular weight is 298 g/mol. The normalized spacial score (nSPS) is 12.5. The Hall–Kier alpha value is -1.70. The Kier molecular flexibility index (Phi) is 5.22. The van der Waals surface area contributed by atoms with Crippen LogP contribution in [0.25, 0.3) is 0 Å². The quantitative estimate of drug-likeness (QED) is 0.288. The number of hydrogen-bond acceptors (Lipinski definition) is 4. The van der Waals surface area contributed by atoms with Crippen LogP contribution in [0.2, 0.25) is 5.02 Å². The van der Waals surface area contributed by atoms with Crippen molar-refractivity contribution >= 4 is 17.4 Å². The summed E-state index contributed by atoms with van der Waals surface area (Å²) in [5, 5.41) is 11.3. The van der Waals surface area contributed by atoms with Crippen molar-refractivity contribution in [2.75, 3.05) is 6.61 Å². The summed E-state index contributed by atoms with van der Waals surface area (Å²) in [6.07, 6.45) is -4.10. The van der Waals surface area contributed by atoms with Gasteiger partial charge in [-0.05, 0) is 12.5 Å². The standard InChI is InChI=1S/C10H11ClF3N3O2/c11-7-6(8(15)17-18)2-4-16-9(7)19-5-1-3-10(12,13)14/h2,4,18H,1,3,5H2,(H2,15,17). The Morgan fingerprint density at radius 2 is 2.21 bits per heavy atom. The van der Waals surface area contributed by atoms with Crippen LogP contribution in [-0.4, -0.2) is 28.8 Å². The SMILES string of the molecule is N/C(=N/O)c1ccnc(OCCCC(F)(F)F)c1Cl. The molecule has 0 fully saturated rings. The molecule has 0 radical (unpaired) electrons. The Balaban J connectivity index is 2.65. The van der Waals surface area contributed by atoms with Gasteiger partial charge < -0.3 is 15.7 Å². The number of nitrogens with two attached hydrogens (primary N) is 1. The van der Waals surface area contributed by atoms with Gasteiger partial charge in [0.25, 0.3) is 0 Å². The van der Waals surface area contributed by atoms with Gasteiger partial charge in [0.2, 0.25) is 5.88 Å². The molecule has 0 spiro atoms. The first-order chi connectivity index (χ1) is 8.85. The lowest BCUT2D eigenvalue weighted by Gasteiger charge is -2.10. The number of hydrogen-bond donors (Lipinski definition) is 2. The molecule has 1 heterocycles. The largest absolute Gasteiger partial charge is 0.477 e. The van der Waals surface area contributed by atoms with Crippen molar-refractivity contribution in [2.45, 2.75) is 19.0 Å². The van der Waals surface area contributed by atoms with Gasteiger partial charge in [-0.3, -0.25) is 0 Å². The molecule has 0 unspecified atom stereocenters. The minimum absolute atomic E-state index is 0.0233.